The van der Waals surface area contributed by atoms with Crippen molar-refractivity contribution in [2.45, 2.75) is 11.8 Å². The van der Waals surface area contributed by atoms with Crippen LogP contribution in [0.4, 0.5) is 24.5 Å². The Morgan fingerprint density at radius 2 is 1.71 bits per heavy atom. The zero-order chi connectivity index (χ0) is 15.8. The van der Waals surface area contributed by atoms with E-state index in [9.17, 15) is 21.6 Å². The van der Waals surface area contributed by atoms with E-state index >= 15 is 0 Å². The molecule has 8 heteroatoms. The Kier molecular flexibility index (Phi) is 3.82. The maximum atomic E-state index is 13.6. The molecule has 2 aromatic carbocycles. The Hall–Kier alpha value is -2.22. The molecule has 0 saturated heterocycles. The van der Waals surface area contributed by atoms with Crippen LogP contribution in [0.25, 0.3) is 0 Å². The zero-order valence-corrected chi connectivity index (χ0v) is 11.6. The molecule has 0 fully saturated rings. The minimum Gasteiger partial charge on any atom is -0.399 e. The molecule has 2 rings (SSSR count). The maximum Gasteiger partial charge on any atom is 0.265 e. The third-order valence-corrected chi connectivity index (χ3v) is 4.10. The normalized spacial score (nSPS) is 11.4. The van der Waals surface area contributed by atoms with Crippen molar-refractivity contribution in [1.29, 1.82) is 0 Å². The van der Waals surface area contributed by atoms with Gasteiger partial charge in [0.15, 0.2) is 11.6 Å². The Morgan fingerprint density at radius 1 is 1.05 bits per heavy atom. The molecule has 0 bridgehead atoms. The summed E-state index contributed by atoms with van der Waals surface area (Å²) in [7, 11) is -4.39. The molecule has 4 nitrogen and oxygen atoms in total. The summed E-state index contributed by atoms with van der Waals surface area (Å²) in [6.45, 7) is 1.44. The highest BCUT2D eigenvalue weighted by molar-refractivity contribution is 7.92. The number of sulfonamides is 1. The second kappa shape index (κ2) is 5.28. The second-order valence-corrected chi connectivity index (χ2v) is 6.04. The number of halogens is 3. The monoisotopic (exact) mass is 316 g/mol. The summed E-state index contributed by atoms with van der Waals surface area (Å²) in [5, 5.41) is 0. The molecular formula is C13H11F3N2O2S. The molecule has 0 heterocycles. The number of hydrogen-bond donors (Lipinski definition) is 2. The maximum absolute atomic E-state index is 13.6. The van der Waals surface area contributed by atoms with Crippen molar-refractivity contribution in [2.75, 3.05) is 10.5 Å². The van der Waals surface area contributed by atoms with Gasteiger partial charge in [-0.2, -0.15) is 0 Å². The summed E-state index contributed by atoms with van der Waals surface area (Å²) in [5.41, 5.74) is 5.31. The molecule has 0 aliphatic heterocycles. The van der Waals surface area contributed by atoms with E-state index in [-0.39, 0.29) is 16.9 Å². The van der Waals surface area contributed by atoms with Crippen LogP contribution in [0.5, 0.6) is 0 Å². The van der Waals surface area contributed by atoms with Crippen molar-refractivity contribution < 1.29 is 21.6 Å². The van der Waals surface area contributed by atoms with Crippen LogP contribution in [-0.2, 0) is 10.0 Å². The van der Waals surface area contributed by atoms with Gasteiger partial charge in [0.05, 0.1) is 0 Å². The topological polar surface area (TPSA) is 72.2 Å². The van der Waals surface area contributed by atoms with Crippen molar-refractivity contribution in [3.63, 3.8) is 0 Å². The van der Waals surface area contributed by atoms with Crippen molar-refractivity contribution in [3.05, 3.63) is 53.3 Å². The van der Waals surface area contributed by atoms with Crippen molar-refractivity contribution in [1.82, 2.24) is 0 Å². The van der Waals surface area contributed by atoms with Crippen LogP contribution in [0.3, 0.4) is 0 Å². The van der Waals surface area contributed by atoms with E-state index in [1.165, 1.54) is 19.1 Å². The van der Waals surface area contributed by atoms with Gasteiger partial charge in [-0.25, -0.2) is 21.6 Å². The molecule has 0 spiro atoms. The van der Waals surface area contributed by atoms with Gasteiger partial charge in [-0.15, -0.1) is 0 Å². The summed E-state index contributed by atoms with van der Waals surface area (Å²) in [5.74, 6) is -3.42. The molecule has 3 N–H and O–H groups in total. The highest BCUT2D eigenvalue weighted by Crippen LogP contribution is 2.24. The molecule has 0 aliphatic carbocycles. The highest BCUT2D eigenvalue weighted by atomic mass is 32.2. The van der Waals surface area contributed by atoms with Crippen LogP contribution in [0.15, 0.2) is 35.2 Å². The van der Waals surface area contributed by atoms with Gasteiger partial charge in [0.25, 0.3) is 10.0 Å². The average Bonchev–Trinajstić information content (AvgIpc) is 2.37. The molecule has 0 radical (unpaired) electrons. The number of nitrogen functional groups attached to an aromatic ring is 1. The first-order valence-electron chi connectivity index (χ1n) is 5.74. The molecule has 21 heavy (non-hydrogen) atoms. The van der Waals surface area contributed by atoms with Gasteiger partial charge >= 0.3 is 0 Å². The fraction of sp³-hybridized carbons (Fsp3) is 0.0769. The van der Waals surface area contributed by atoms with Gasteiger partial charge in [-0.3, -0.25) is 4.72 Å². The van der Waals surface area contributed by atoms with Crippen molar-refractivity contribution in [2.24, 2.45) is 0 Å². The zero-order valence-electron chi connectivity index (χ0n) is 10.8. The number of aryl methyl sites for hydroxylation is 1. The molecule has 112 valence electrons. The first-order valence-corrected chi connectivity index (χ1v) is 7.22. The van der Waals surface area contributed by atoms with Crippen LogP contribution in [0, 0.1) is 24.4 Å². The number of hydrogen-bond acceptors (Lipinski definition) is 3. The van der Waals surface area contributed by atoms with Gasteiger partial charge in [0.1, 0.15) is 10.7 Å². The van der Waals surface area contributed by atoms with E-state index in [0.29, 0.717) is 6.07 Å². The van der Waals surface area contributed by atoms with Gasteiger partial charge in [-0.1, -0.05) is 0 Å². The largest absolute Gasteiger partial charge is 0.399 e. The lowest BCUT2D eigenvalue weighted by atomic mass is 10.2. The molecule has 2 aromatic rings. The van der Waals surface area contributed by atoms with E-state index in [1.54, 1.807) is 0 Å². The Labute approximate surface area is 119 Å². The minimum absolute atomic E-state index is 0.0242. The van der Waals surface area contributed by atoms with Gasteiger partial charge in [0.2, 0.25) is 0 Å². The fourth-order valence-electron chi connectivity index (χ4n) is 1.70. The van der Waals surface area contributed by atoms with Crippen LogP contribution in [0.1, 0.15) is 5.56 Å². The molecule has 0 aliphatic rings. The quantitative estimate of drug-likeness (QED) is 0.855. The van der Waals surface area contributed by atoms with Crippen LogP contribution in [-0.4, -0.2) is 8.42 Å². The van der Waals surface area contributed by atoms with E-state index in [4.69, 9.17) is 5.73 Å². The van der Waals surface area contributed by atoms with E-state index in [1.807, 2.05) is 4.72 Å². The summed E-state index contributed by atoms with van der Waals surface area (Å²) >= 11 is 0. The molecule has 0 unspecified atom stereocenters. The predicted molar refractivity (Wildman–Crippen MR) is 72.7 cm³/mol. The number of nitrogens with one attached hydrogen (secondary N) is 1. The Bertz CT molecular complexity index is 807. The van der Waals surface area contributed by atoms with Crippen LogP contribution in [0.2, 0.25) is 0 Å². The summed E-state index contributed by atoms with van der Waals surface area (Å²) in [4.78, 5) is -0.915. The van der Waals surface area contributed by atoms with Crippen LogP contribution >= 0.6 is 0 Å². The summed E-state index contributed by atoms with van der Waals surface area (Å²) in [6.07, 6.45) is 0. The summed E-state index contributed by atoms with van der Waals surface area (Å²) < 4.78 is 66.1. The van der Waals surface area contributed by atoms with E-state index < -0.39 is 32.4 Å². The average molecular weight is 316 g/mol. The van der Waals surface area contributed by atoms with E-state index in [2.05, 4.69) is 0 Å². The molecule has 0 atom stereocenters. The fourth-order valence-corrected chi connectivity index (χ4v) is 2.87. The molecule has 0 saturated carbocycles. The Balaban J connectivity index is 2.45. The third kappa shape index (κ3) is 3.10. The lowest BCUT2D eigenvalue weighted by Crippen LogP contribution is -2.16. The van der Waals surface area contributed by atoms with Gasteiger partial charge in [0, 0.05) is 11.4 Å². The number of rotatable bonds is 3. The van der Waals surface area contributed by atoms with Crippen LogP contribution < -0.4 is 10.5 Å². The standard InChI is InChI=1S/C13H11F3N2O2S/c1-7-4-9(2-3-10(7)14)18-21(19,20)12-6-8(17)5-11(15)13(12)16/h2-6,18H,17H2,1H3. The highest BCUT2D eigenvalue weighted by Gasteiger charge is 2.23. The number of anilines is 2. The number of benzene rings is 2. The molecule has 0 aromatic heterocycles. The summed E-state index contributed by atoms with van der Waals surface area (Å²) in [6, 6.07) is 4.94. The van der Waals surface area contributed by atoms with Crippen molar-refractivity contribution in [3.8, 4) is 0 Å². The number of nitrogens with two attached hydrogens (primary N) is 1. The minimum atomic E-state index is -4.39. The lowest BCUT2D eigenvalue weighted by molar-refractivity contribution is 0.486. The smallest absolute Gasteiger partial charge is 0.265 e. The third-order valence-electron chi connectivity index (χ3n) is 2.72. The first-order chi connectivity index (χ1) is 9.70. The van der Waals surface area contributed by atoms with Gasteiger partial charge in [-0.05, 0) is 42.8 Å². The first kappa shape index (κ1) is 15.2. The predicted octanol–water partition coefficient (Wildman–Crippen LogP) is 2.80. The molecular weight excluding hydrogens is 305 g/mol. The molecule has 0 amide bonds. The lowest BCUT2D eigenvalue weighted by Gasteiger charge is -2.10. The SMILES string of the molecule is Cc1cc(NS(=O)(=O)c2cc(N)cc(F)c2F)ccc1F. The van der Waals surface area contributed by atoms with Gasteiger partial charge < -0.3 is 5.73 Å². The Morgan fingerprint density at radius 3 is 2.33 bits per heavy atom. The van der Waals surface area contributed by atoms with Crippen molar-refractivity contribution >= 4 is 21.4 Å². The second-order valence-electron chi connectivity index (χ2n) is 4.38. The van der Waals surface area contributed by atoms with E-state index in [0.717, 1.165) is 12.1 Å².